The number of thioether (sulfide) groups is 1. The van der Waals surface area contributed by atoms with Gasteiger partial charge in [0.2, 0.25) is 0 Å². The maximum Gasteiger partial charge on any atom is 0.335 e. The van der Waals surface area contributed by atoms with Gasteiger partial charge in [0.1, 0.15) is 0 Å². The molecule has 0 radical (unpaired) electrons. The second kappa shape index (κ2) is 8.42. The maximum atomic E-state index is 12.4. The number of hydrogen-bond donors (Lipinski definition) is 2. The van der Waals surface area contributed by atoms with Crippen LogP contribution >= 0.6 is 11.8 Å². The molecule has 0 saturated carbocycles. The number of aliphatic imine (C=N–C) groups is 1. The van der Waals surface area contributed by atoms with E-state index in [-0.39, 0.29) is 11.5 Å². The van der Waals surface area contributed by atoms with Gasteiger partial charge in [0, 0.05) is 17.6 Å². The third-order valence-electron chi connectivity index (χ3n) is 4.68. The molecule has 1 aliphatic heterocycles. The Balaban J connectivity index is 1.57. The molecule has 2 aromatic carbocycles. The first-order valence-electron chi connectivity index (χ1n) is 9.43. The second-order valence-corrected chi connectivity index (χ2v) is 7.69. The summed E-state index contributed by atoms with van der Waals surface area (Å²) in [4.78, 5) is 28.5. The molecule has 1 fully saturated rings. The van der Waals surface area contributed by atoms with Gasteiger partial charge in [0.25, 0.3) is 5.91 Å². The number of nitrogens with one attached hydrogen (secondary N) is 1. The number of benzene rings is 2. The molecule has 0 spiro atoms. The van der Waals surface area contributed by atoms with E-state index in [0.29, 0.717) is 10.1 Å². The van der Waals surface area contributed by atoms with Crippen LogP contribution < -0.4 is 5.32 Å². The summed E-state index contributed by atoms with van der Waals surface area (Å²) in [6.45, 7) is 2.10. The van der Waals surface area contributed by atoms with E-state index in [2.05, 4.69) is 17.2 Å². The van der Waals surface area contributed by atoms with E-state index in [4.69, 9.17) is 5.11 Å². The second-order valence-electron chi connectivity index (χ2n) is 6.66. The molecule has 3 aromatic rings. The van der Waals surface area contributed by atoms with E-state index in [0.717, 1.165) is 23.5 Å². The number of rotatable bonds is 5. The first kappa shape index (κ1) is 19.7. The van der Waals surface area contributed by atoms with Crippen molar-refractivity contribution in [3.05, 3.63) is 88.6 Å². The molecule has 7 heteroatoms. The fourth-order valence-electron chi connectivity index (χ4n) is 3.05. The van der Waals surface area contributed by atoms with E-state index < -0.39 is 5.97 Å². The number of aryl methyl sites for hydroxylation is 1. The zero-order valence-corrected chi connectivity index (χ0v) is 17.0. The molecule has 0 bridgehead atoms. The van der Waals surface area contributed by atoms with Crippen molar-refractivity contribution in [3.63, 3.8) is 0 Å². The van der Waals surface area contributed by atoms with Gasteiger partial charge in [-0.2, -0.15) is 0 Å². The predicted molar refractivity (Wildman–Crippen MR) is 119 cm³/mol. The first-order valence-corrected chi connectivity index (χ1v) is 10.2. The molecule has 1 saturated heterocycles. The lowest BCUT2D eigenvalue weighted by molar-refractivity contribution is -0.115. The molecule has 2 heterocycles. The summed E-state index contributed by atoms with van der Waals surface area (Å²) < 4.78 is 1.89. The Hall–Kier alpha value is -3.58. The summed E-state index contributed by atoms with van der Waals surface area (Å²) in [6, 6.07) is 18.3. The van der Waals surface area contributed by atoms with Crippen molar-refractivity contribution in [1.82, 2.24) is 9.88 Å². The molecule has 0 aliphatic carbocycles. The summed E-state index contributed by atoms with van der Waals surface area (Å²) in [5.74, 6) is -1.16. The highest BCUT2D eigenvalue weighted by Crippen LogP contribution is 2.29. The van der Waals surface area contributed by atoms with Gasteiger partial charge < -0.3 is 15.0 Å². The standard InChI is InChI=1S/C23H19N3O3S/c1-2-15-5-9-17(10-6-15)24-23-25-21(27)20(30-23)14-19-4-3-13-26(19)18-11-7-16(8-12-18)22(28)29/h3-14H,2H2,1H3,(H,28,29)(H,24,25,27)/b20-14-. The smallest absolute Gasteiger partial charge is 0.335 e. The van der Waals surface area contributed by atoms with Crippen LogP contribution in [0.2, 0.25) is 0 Å². The monoisotopic (exact) mass is 417 g/mol. The molecule has 150 valence electrons. The van der Waals surface area contributed by atoms with E-state index in [1.165, 1.54) is 17.3 Å². The highest BCUT2D eigenvalue weighted by atomic mass is 32.2. The van der Waals surface area contributed by atoms with Gasteiger partial charge in [-0.25, -0.2) is 9.79 Å². The maximum absolute atomic E-state index is 12.4. The van der Waals surface area contributed by atoms with Crippen LogP contribution in [0.3, 0.4) is 0 Å². The third-order valence-corrected chi connectivity index (χ3v) is 5.59. The van der Waals surface area contributed by atoms with Crippen molar-refractivity contribution in [3.8, 4) is 5.69 Å². The van der Waals surface area contributed by atoms with E-state index in [1.54, 1.807) is 30.3 Å². The number of aromatic nitrogens is 1. The van der Waals surface area contributed by atoms with Gasteiger partial charge in [-0.3, -0.25) is 4.79 Å². The number of carbonyl (C=O) groups is 2. The molecule has 1 aromatic heterocycles. The number of hydrogen-bond acceptors (Lipinski definition) is 4. The lowest BCUT2D eigenvalue weighted by atomic mass is 10.2. The van der Waals surface area contributed by atoms with Gasteiger partial charge in [-0.1, -0.05) is 19.1 Å². The molecule has 1 amide bonds. The normalized spacial score (nSPS) is 16.2. The van der Waals surface area contributed by atoms with Crippen LogP contribution in [0.1, 0.15) is 28.5 Å². The summed E-state index contributed by atoms with van der Waals surface area (Å²) in [5, 5.41) is 12.4. The Bertz CT molecular complexity index is 1160. The van der Waals surface area contributed by atoms with Gasteiger partial charge in [0.15, 0.2) is 5.17 Å². The molecular weight excluding hydrogens is 398 g/mol. The van der Waals surface area contributed by atoms with Crippen LogP contribution in [0.5, 0.6) is 0 Å². The predicted octanol–water partition coefficient (Wildman–Crippen LogP) is 4.63. The molecule has 1 aliphatic rings. The lowest BCUT2D eigenvalue weighted by Crippen LogP contribution is -2.19. The first-order chi connectivity index (χ1) is 14.5. The van der Waals surface area contributed by atoms with Gasteiger partial charge in [-0.15, -0.1) is 0 Å². The van der Waals surface area contributed by atoms with Crippen molar-refractivity contribution in [1.29, 1.82) is 0 Å². The Morgan fingerprint density at radius 3 is 2.53 bits per heavy atom. The highest BCUT2D eigenvalue weighted by molar-refractivity contribution is 8.18. The number of carbonyl (C=O) groups excluding carboxylic acids is 1. The Labute approximate surface area is 178 Å². The van der Waals surface area contributed by atoms with Crippen molar-refractivity contribution in [2.24, 2.45) is 4.99 Å². The Morgan fingerprint density at radius 2 is 1.87 bits per heavy atom. The van der Waals surface area contributed by atoms with Crippen LogP contribution in [0.4, 0.5) is 5.69 Å². The summed E-state index contributed by atoms with van der Waals surface area (Å²) in [7, 11) is 0. The topological polar surface area (TPSA) is 83.7 Å². The molecular formula is C23H19N3O3S. The van der Waals surface area contributed by atoms with Gasteiger partial charge in [0.05, 0.1) is 16.2 Å². The molecule has 0 unspecified atom stereocenters. The SMILES string of the molecule is CCc1ccc(N=C2NC(=O)/C(=C/c3cccn3-c3ccc(C(=O)O)cc3)S2)cc1. The average Bonchev–Trinajstić information content (AvgIpc) is 3.35. The van der Waals surface area contributed by atoms with Gasteiger partial charge in [-0.05, 0) is 78.4 Å². The fourth-order valence-corrected chi connectivity index (χ4v) is 3.88. The van der Waals surface area contributed by atoms with Crippen molar-refractivity contribution in [2.45, 2.75) is 13.3 Å². The average molecular weight is 417 g/mol. The summed E-state index contributed by atoms with van der Waals surface area (Å²) in [6.07, 6.45) is 4.63. The van der Waals surface area contributed by atoms with Crippen LogP contribution in [-0.2, 0) is 11.2 Å². The minimum Gasteiger partial charge on any atom is -0.478 e. The van der Waals surface area contributed by atoms with Crippen LogP contribution in [-0.4, -0.2) is 26.7 Å². The molecule has 0 atom stereocenters. The number of amidine groups is 1. The minimum atomic E-state index is -0.966. The number of carboxylic acid groups (broad SMARTS) is 1. The van der Waals surface area contributed by atoms with Gasteiger partial charge >= 0.3 is 5.97 Å². The third kappa shape index (κ3) is 4.21. The van der Waals surface area contributed by atoms with Crippen molar-refractivity contribution >= 4 is 40.6 Å². The van der Waals surface area contributed by atoms with Crippen LogP contribution in [0.25, 0.3) is 11.8 Å². The number of carboxylic acids is 1. The van der Waals surface area contributed by atoms with E-state index >= 15 is 0 Å². The zero-order valence-electron chi connectivity index (χ0n) is 16.2. The van der Waals surface area contributed by atoms with Crippen LogP contribution in [0, 0.1) is 0 Å². The van der Waals surface area contributed by atoms with Crippen molar-refractivity contribution in [2.75, 3.05) is 0 Å². The largest absolute Gasteiger partial charge is 0.478 e. The molecule has 6 nitrogen and oxygen atoms in total. The number of amides is 1. The number of aromatic carboxylic acids is 1. The molecule has 4 rings (SSSR count). The fraction of sp³-hybridized carbons (Fsp3) is 0.0870. The minimum absolute atomic E-state index is 0.196. The number of nitrogens with zero attached hydrogens (tertiary/aromatic N) is 2. The molecule has 2 N–H and O–H groups in total. The van der Waals surface area contributed by atoms with E-state index in [9.17, 15) is 9.59 Å². The molecule has 30 heavy (non-hydrogen) atoms. The lowest BCUT2D eigenvalue weighted by Gasteiger charge is -2.07. The van der Waals surface area contributed by atoms with Crippen molar-refractivity contribution < 1.29 is 14.7 Å². The quantitative estimate of drug-likeness (QED) is 0.593. The Morgan fingerprint density at radius 1 is 1.13 bits per heavy atom. The summed E-state index contributed by atoms with van der Waals surface area (Å²) in [5.41, 5.74) is 3.87. The Kier molecular flexibility index (Phi) is 5.54. The zero-order chi connectivity index (χ0) is 21.1. The van der Waals surface area contributed by atoms with E-state index in [1.807, 2.05) is 47.2 Å². The summed E-state index contributed by atoms with van der Waals surface area (Å²) >= 11 is 1.29. The van der Waals surface area contributed by atoms with Crippen LogP contribution in [0.15, 0.2) is 76.8 Å². The highest BCUT2D eigenvalue weighted by Gasteiger charge is 2.24.